The minimum Gasteiger partial charge on any atom is -0.382 e. The third kappa shape index (κ3) is 5.60. The zero-order chi connectivity index (χ0) is 30.5. The number of anilines is 2. The molecule has 224 valence electrons. The van der Waals surface area contributed by atoms with E-state index in [1.165, 1.54) is 18.3 Å². The van der Waals surface area contributed by atoms with E-state index in [0.29, 0.717) is 42.1 Å². The summed E-state index contributed by atoms with van der Waals surface area (Å²) in [6.07, 6.45) is 0.222. The maximum Gasteiger partial charge on any atom is 0.416 e. The summed E-state index contributed by atoms with van der Waals surface area (Å²) in [5.74, 6) is -3.90. The molecule has 14 heteroatoms. The number of nitrogens with one attached hydrogen (secondary N) is 1. The number of benzene rings is 1. The van der Waals surface area contributed by atoms with Crippen molar-refractivity contribution < 1.29 is 31.5 Å². The van der Waals surface area contributed by atoms with Gasteiger partial charge in [0.25, 0.3) is 5.91 Å². The first-order valence-electron chi connectivity index (χ1n) is 13.6. The number of nitrogens with two attached hydrogens (primary N) is 1. The van der Waals surface area contributed by atoms with Crippen LogP contribution >= 0.6 is 0 Å². The first kappa shape index (κ1) is 28.5. The smallest absolute Gasteiger partial charge is 0.382 e. The SMILES string of the molecule is Nc1nccn2c(C3CCCN(C(=O)C4CC(F)(F)C4)C3)nc(-c3ccc(C(=O)Nc4cc(C(F)(F)F)ccn4)cc3)c12. The van der Waals surface area contributed by atoms with Crippen molar-refractivity contribution >= 4 is 29.0 Å². The first-order chi connectivity index (χ1) is 20.4. The van der Waals surface area contributed by atoms with Crippen LogP contribution in [0.2, 0.25) is 0 Å². The van der Waals surface area contributed by atoms with Gasteiger partial charge in [0, 0.05) is 67.5 Å². The van der Waals surface area contributed by atoms with Crippen LogP contribution in [-0.2, 0) is 11.0 Å². The van der Waals surface area contributed by atoms with E-state index in [9.17, 15) is 31.5 Å². The van der Waals surface area contributed by atoms with Crippen LogP contribution in [0, 0.1) is 5.92 Å². The van der Waals surface area contributed by atoms with Crippen molar-refractivity contribution in [3.8, 4) is 11.3 Å². The first-order valence-corrected chi connectivity index (χ1v) is 13.6. The number of nitrogen functional groups attached to an aromatic ring is 1. The van der Waals surface area contributed by atoms with Gasteiger partial charge in [0.05, 0.1) is 5.56 Å². The molecule has 43 heavy (non-hydrogen) atoms. The molecule has 3 N–H and O–H groups in total. The number of hydrogen-bond acceptors (Lipinski definition) is 6. The predicted molar refractivity (Wildman–Crippen MR) is 146 cm³/mol. The molecule has 0 radical (unpaired) electrons. The van der Waals surface area contributed by atoms with E-state index in [1.807, 2.05) is 4.40 Å². The van der Waals surface area contributed by atoms with E-state index in [1.54, 1.807) is 23.2 Å². The fourth-order valence-corrected chi connectivity index (χ4v) is 5.70. The van der Waals surface area contributed by atoms with Crippen LogP contribution in [0.4, 0.5) is 33.6 Å². The number of nitrogens with zero attached hydrogens (tertiary/aromatic N) is 5. The molecular formula is C29H26F5N7O2. The van der Waals surface area contributed by atoms with Crippen LogP contribution in [0.1, 0.15) is 53.3 Å². The molecule has 0 bridgehead atoms. The molecule has 4 aromatic rings. The van der Waals surface area contributed by atoms with Crippen molar-refractivity contribution in [2.75, 3.05) is 24.1 Å². The Hall–Kier alpha value is -4.62. The normalized spacial score (nSPS) is 18.8. The van der Waals surface area contributed by atoms with Crippen LogP contribution in [-0.4, -0.2) is 55.1 Å². The fourth-order valence-electron chi connectivity index (χ4n) is 5.70. The number of fused-ring (bicyclic) bond motifs is 1. The predicted octanol–water partition coefficient (Wildman–Crippen LogP) is 5.40. The van der Waals surface area contributed by atoms with Crippen molar-refractivity contribution in [3.05, 3.63) is 71.9 Å². The minimum atomic E-state index is -4.58. The largest absolute Gasteiger partial charge is 0.416 e. The second-order valence-corrected chi connectivity index (χ2v) is 10.9. The highest BCUT2D eigenvalue weighted by atomic mass is 19.4. The Labute approximate surface area is 241 Å². The summed E-state index contributed by atoms with van der Waals surface area (Å²) in [6.45, 7) is 0.835. The number of alkyl halides is 5. The van der Waals surface area contributed by atoms with E-state index in [2.05, 4.69) is 15.3 Å². The average molecular weight is 600 g/mol. The minimum absolute atomic E-state index is 0.175. The number of carbonyl (C=O) groups excluding carboxylic acids is 2. The van der Waals surface area contributed by atoms with Gasteiger partial charge in [0.15, 0.2) is 0 Å². The third-order valence-electron chi connectivity index (χ3n) is 7.90. The molecule has 0 spiro atoms. The van der Waals surface area contributed by atoms with Crippen LogP contribution < -0.4 is 11.1 Å². The second kappa shape index (κ2) is 10.6. The van der Waals surface area contributed by atoms with Crippen LogP contribution in [0.25, 0.3) is 16.8 Å². The zero-order valence-electron chi connectivity index (χ0n) is 22.6. The molecule has 2 fully saturated rings. The standard InChI is InChI=1S/C29H26F5N7O2/c30-28(31)13-19(14-28)27(43)40-10-1-2-18(15-40)25-39-22(23-24(35)37-9-11-41(23)25)16-3-5-17(6-4-16)26(42)38-21-12-20(7-8-36-21)29(32,33)34/h3-9,11-12,18-19H,1-2,10,13-15H2,(H2,35,37)(H,36,38,42). The van der Waals surface area contributed by atoms with Crippen LogP contribution in [0.5, 0.6) is 0 Å². The lowest BCUT2D eigenvalue weighted by atomic mass is 9.80. The van der Waals surface area contributed by atoms with Crippen LogP contribution in [0.15, 0.2) is 55.0 Å². The summed E-state index contributed by atoms with van der Waals surface area (Å²) in [7, 11) is 0. The second-order valence-electron chi connectivity index (χ2n) is 10.9. The molecule has 1 aliphatic heterocycles. The number of carbonyl (C=O) groups is 2. The molecule has 4 heterocycles. The van der Waals surface area contributed by atoms with Gasteiger partial charge in [-0.05, 0) is 37.1 Å². The highest BCUT2D eigenvalue weighted by Gasteiger charge is 2.50. The molecule has 2 aliphatic rings. The maximum atomic E-state index is 13.4. The molecule has 1 unspecified atom stereocenters. The molecule has 2 amide bonds. The lowest BCUT2D eigenvalue weighted by molar-refractivity contribution is -0.160. The number of likely N-dealkylation sites (tertiary alicyclic amines) is 1. The highest BCUT2D eigenvalue weighted by Crippen LogP contribution is 2.44. The molecule has 3 aromatic heterocycles. The molecular weight excluding hydrogens is 573 g/mol. The van der Waals surface area contributed by atoms with Crippen molar-refractivity contribution in [1.82, 2.24) is 24.3 Å². The summed E-state index contributed by atoms with van der Waals surface area (Å²) < 4.78 is 67.7. The molecule has 9 nitrogen and oxygen atoms in total. The molecule has 1 aromatic carbocycles. The lowest BCUT2D eigenvalue weighted by Crippen LogP contribution is -2.49. The molecule has 1 aliphatic carbocycles. The van der Waals surface area contributed by atoms with Gasteiger partial charge in [-0.3, -0.25) is 14.0 Å². The summed E-state index contributed by atoms with van der Waals surface area (Å²) >= 11 is 0. The summed E-state index contributed by atoms with van der Waals surface area (Å²) in [5.41, 5.74) is 7.14. The lowest BCUT2D eigenvalue weighted by Gasteiger charge is -2.40. The van der Waals surface area contributed by atoms with E-state index in [-0.39, 0.29) is 29.0 Å². The Kier molecular flexibility index (Phi) is 7.01. The van der Waals surface area contributed by atoms with Gasteiger partial charge in [-0.15, -0.1) is 0 Å². The van der Waals surface area contributed by atoms with Gasteiger partial charge in [-0.25, -0.2) is 23.7 Å². The Bertz CT molecular complexity index is 1700. The highest BCUT2D eigenvalue weighted by molar-refractivity contribution is 6.04. The van der Waals surface area contributed by atoms with Gasteiger partial charge in [-0.2, -0.15) is 13.2 Å². The monoisotopic (exact) mass is 599 g/mol. The van der Waals surface area contributed by atoms with Gasteiger partial charge >= 0.3 is 6.18 Å². The fraction of sp³-hybridized carbons (Fsp3) is 0.345. The Morgan fingerprint density at radius 1 is 1.05 bits per heavy atom. The van der Waals surface area contributed by atoms with Crippen molar-refractivity contribution in [1.29, 1.82) is 0 Å². The Balaban J connectivity index is 1.24. The summed E-state index contributed by atoms with van der Waals surface area (Å²) in [6, 6.07) is 7.85. The van der Waals surface area contributed by atoms with E-state index in [4.69, 9.17) is 10.7 Å². The van der Waals surface area contributed by atoms with Crippen LogP contribution in [0.3, 0.4) is 0 Å². The number of halogens is 5. The number of pyridine rings is 1. The van der Waals surface area contributed by atoms with E-state index >= 15 is 0 Å². The topological polar surface area (TPSA) is 119 Å². The molecule has 1 saturated carbocycles. The van der Waals surface area contributed by atoms with E-state index < -0.39 is 42.3 Å². The Morgan fingerprint density at radius 3 is 2.49 bits per heavy atom. The third-order valence-corrected chi connectivity index (χ3v) is 7.90. The summed E-state index contributed by atoms with van der Waals surface area (Å²) in [4.78, 5) is 40.2. The number of amides is 2. The maximum absolute atomic E-state index is 13.4. The van der Waals surface area contributed by atoms with Crippen molar-refractivity contribution in [2.45, 2.75) is 43.7 Å². The number of aromatic nitrogens is 4. The molecule has 1 saturated heterocycles. The Morgan fingerprint density at radius 2 is 1.79 bits per heavy atom. The summed E-state index contributed by atoms with van der Waals surface area (Å²) in [5, 5.41) is 2.38. The van der Waals surface area contributed by atoms with Gasteiger partial charge in [0.2, 0.25) is 11.8 Å². The average Bonchev–Trinajstić information content (AvgIpc) is 3.36. The quantitative estimate of drug-likeness (QED) is 0.297. The van der Waals surface area contributed by atoms with Gasteiger partial charge in [-0.1, -0.05) is 12.1 Å². The molecule has 1 atom stereocenters. The molecule has 6 rings (SSSR count). The number of piperidine rings is 1. The van der Waals surface area contributed by atoms with Crippen molar-refractivity contribution in [3.63, 3.8) is 0 Å². The van der Waals surface area contributed by atoms with Gasteiger partial charge < -0.3 is 16.0 Å². The van der Waals surface area contributed by atoms with Crippen molar-refractivity contribution in [2.24, 2.45) is 5.92 Å². The van der Waals surface area contributed by atoms with E-state index in [0.717, 1.165) is 24.8 Å². The number of imidazole rings is 1. The zero-order valence-corrected chi connectivity index (χ0v) is 22.6. The number of rotatable bonds is 5. The van der Waals surface area contributed by atoms with Gasteiger partial charge in [0.1, 0.15) is 28.7 Å². The number of hydrogen-bond donors (Lipinski definition) is 2.